The number of pyridine rings is 1. The van der Waals surface area contributed by atoms with Crippen molar-refractivity contribution in [3.63, 3.8) is 0 Å². The highest BCUT2D eigenvalue weighted by molar-refractivity contribution is 7.11. The van der Waals surface area contributed by atoms with Gasteiger partial charge in [0.2, 0.25) is 0 Å². The number of nitrogens with one attached hydrogen (secondary N) is 1. The molecule has 2 rings (SSSR count). The molecule has 0 aliphatic heterocycles. The van der Waals surface area contributed by atoms with Gasteiger partial charge in [-0.15, -0.1) is 11.3 Å². The Bertz CT molecular complexity index is 565. The van der Waals surface area contributed by atoms with E-state index in [1.807, 2.05) is 13.0 Å². The van der Waals surface area contributed by atoms with Gasteiger partial charge in [0.25, 0.3) is 0 Å². The number of rotatable bonds is 3. The van der Waals surface area contributed by atoms with Gasteiger partial charge in [-0.25, -0.2) is 4.98 Å². The quantitative estimate of drug-likeness (QED) is 0.942. The molecule has 0 spiro atoms. The highest BCUT2D eigenvalue weighted by Crippen LogP contribution is 2.36. The molecule has 0 bridgehead atoms. The summed E-state index contributed by atoms with van der Waals surface area (Å²) in [6.07, 6.45) is 0.176. The number of aryl methyl sites for hydroxylation is 1. The molecular weight excluding hydrogens is 275 g/mol. The molecule has 0 fully saturated rings. The monoisotopic (exact) mass is 287 g/mol. The maximum atomic E-state index is 12.6. The van der Waals surface area contributed by atoms with Gasteiger partial charge in [-0.3, -0.25) is 4.98 Å². The predicted molar refractivity (Wildman–Crippen MR) is 67.0 cm³/mol. The van der Waals surface area contributed by atoms with E-state index >= 15 is 0 Å². The third-order valence-electron chi connectivity index (χ3n) is 2.73. The number of halogens is 3. The Morgan fingerprint density at radius 3 is 2.58 bits per heavy atom. The maximum Gasteiger partial charge on any atom is 0.443 e. The maximum absolute atomic E-state index is 12.6. The lowest BCUT2D eigenvalue weighted by molar-refractivity contribution is -0.137. The lowest BCUT2D eigenvalue weighted by Gasteiger charge is -2.16. The van der Waals surface area contributed by atoms with Crippen molar-refractivity contribution in [2.75, 3.05) is 7.05 Å². The van der Waals surface area contributed by atoms with E-state index in [1.165, 1.54) is 6.20 Å². The summed E-state index contributed by atoms with van der Waals surface area (Å²) in [7, 11) is 1.70. The molecule has 2 aromatic rings. The van der Waals surface area contributed by atoms with Crippen LogP contribution < -0.4 is 5.32 Å². The standard InChI is InChI=1S/C12H12F3N3S/c1-7-3-4-17-5-8(7)10(16-2)9-6-18-11(19-9)12(13,14)15/h3-6,10,16H,1-2H3. The van der Waals surface area contributed by atoms with Gasteiger partial charge in [-0.1, -0.05) is 0 Å². The first-order valence-electron chi connectivity index (χ1n) is 5.54. The summed E-state index contributed by atoms with van der Waals surface area (Å²) < 4.78 is 37.7. The lowest BCUT2D eigenvalue weighted by Crippen LogP contribution is -2.17. The van der Waals surface area contributed by atoms with Crippen molar-refractivity contribution in [1.29, 1.82) is 0 Å². The summed E-state index contributed by atoms with van der Waals surface area (Å²) in [6, 6.07) is 1.49. The number of aromatic nitrogens is 2. The second-order valence-electron chi connectivity index (χ2n) is 4.02. The Balaban J connectivity index is 2.38. The van der Waals surface area contributed by atoms with Crippen molar-refractivity contribution in [3.8, 4) is 0 Å². The van der Waals surface area contributed by atoms with Crippen LogP contribution in [0.4, 0.5) is 13.2 Å². The summed E-state index contributed by atoms with van der Waals surface area (Å²) in [5.74, 6) is 0. The normalized spacial score (nSPS) is 13.5. The van der Waals surface area contributed by atoms with Crippen molar-refractivity contribution in [3.05, 3.63) is 45.7 Å². The van der Waals surface area contributed by atoms with Gasteiger partial charge in [0.15, 0.2) is 5.01 Å². The highest BCUT2D eigenvalue weighted by atomic mass is 32.1. The fourth-order valence-corrected chi connectivity index (χ4v) is 2.69. The van der Waals surface area contributed by atoms with Gasteiger partial charge >= 0.3 is 6.18 Å². The van der Waals surface area contributed by atoms with Crippen molar-refractivity contribution in [1.82, 2.24) is 15.3 Å². The van der Waals surface area contributed by atoms with Gasteiger partial charge in [0, 0.05) is 23.5 Å². The Kier molecular flexibility index (Phi) is 3.86. The molecule has 1 unspecified atom stereocenters. The number of hydrogen-bond acceptors (Lipinski definition) is 4. The molecule has 0 aromatic carbocycles. The molecule has 0 saturated heterocycles. The van der Waals surface area contributed by atoms with E-state index in [4.69, 9.17) is 0 Å². The van der Waals surface area contributed by atoms with Crippen LogP contribution >= 0.6 is 11.3 Å². The smallest absolute Gasteiger partial charge is 0.309 e. The zero-order valence-corrected chi connectivity index (χ0v) is 11.1. The van der Waals surface area contributed by atoms with Crippen LogP contribution in [0.25, 0.3) is 0 Å². The molecule has 0 radical (unpaired) electrons. The summed E-state index contributed by atoms with van der Waals surface area (Å²) >= 11 is 0.650. The SMILES string of the molecule is CNC(c1cnc(C(F)(F)F)s1)c1cnccc1C. The molecular formula is C12H12F3N3S. The average molecular weight is 287 g/mol. The predicted octanol–water partition coefficient (Wildman–Crippen LogP) is 3.17. The number of alkyl halides is 3. The summed E-state index contributed by atoms with van der Waals surface area (Å²) in [6.45, 7) is 1.90. The van der Waals surface area contributed by atoms with Gasteiger partial charge in [-0.2, -0.15) is 13.2 Å². The van der Waals surface area contributed by atoms with E-state index in [1.54, 1.807) is 19.4 Å². The molecule has 2 heterocycles. The molecule has 0 amide bonds. The molecule has 3 nitrogen and oxygen atoms in total. The summed E-state index contributed by atoms with van der Waals surface area (Å²) in [5.41, 5.74) is 1.82. The van der Waals surface area contributed by atoms with Crippen LogP contribution in [0.5, 0.6) is 0 Å². The van der Waals surface area contributed by atoms with Crippen molar-refractivity contribution in [2.45, 2.75) is 19.1 Å². The molecule has 0 aliphatic carbocycles. The van der Waals surface area contributed by atoms with Gasteiger partial charge in [-0.05, 0) is 31.2 Å². The fraction of sp³-hybridized carbons (Fsp3) is 0.333. The van der Waals surface area contributed by atoms with E-state index in [2.05, 4.69) is 15.3 Å². The number of thiazole rings is 1. The van der Waals surface area contributed by atoms with Gasteiger partial charge in [0.1, 0.15) is 0 Å². The highest BCUT2D eigenvalue weighted by Gasteiger charge is 2.35. The van der Waals surface area contributed by atoms with Crippen LogP contribution in [-0.4, -0.2) is 17.0 Å². The van der Waals surface area contributed by atoms with E-state index in [0.717, 1.165) is 11.1 Å². The van der Waals surface area contributed by atoms with E-state index < -0.39 is 11.2 Å². The fourth-order valence-electron chi connectivity index (χ4n) is 1.78. The van der Waals surface area contributed by atoms with Crippen LogP contribution in [0.3, 0.4) is 0 Å². The lowest BCUT2D eigenvalue weighted by atomic mass is 10.0. The van der Waals surface area contributed by atoms with Crippen LogP contribution in [0.15, 0.2) is 24.7 Å². The average Bonchev–Trinajstić information content (AvgIpc) is 2.82. The zero-order chi connectivity index (χ0) is 14.0. The van der Waals surface area contributed by atoms with Crippen molar-refractivity contribution >= 4 is 11.3 Å². The molecule has 2 aromatic heterocycles. The first kappa shape index (κ1) is 14.0. The van der Waals surface area contributed by atoms with Crippen LogP contribution in [0, 0.1) is 6.92 Å². The van der Waals surface area contributed by atoms with E-state index in [-0.39, 0.29) is 6.04 Å². The Hall–Kier alpha value is -1.47. The van der Waals surface area contributed by atoms with E-state index in [9.17, 15) is 13.2 Å². The first-order chi connectivity index (χ1) is 8.93. The molecule has 1 N–H and O–H groups in total. The minimum atomic E-state index is -4.40. The summed E-state index contributed by atoms with van der Waals surface area (Å²) in [5, 5.41) is 2.17. The second-order valence-corrected chi connectivity index (χ2v) is 5.08. The molecule has 19 heavy (non-hydrogen) atoms. The van der Waals surface area contributed by atoms with Gasteiger partial charge in [0.05, 0.1) is 6.04 Å². The molecule has 102 valence electrons. The largest absolute Gasteiger partial charge is 0.443 e. The van der Waals surface area contributed by atoms with Crippen LogP contribution in [-0.2, 0) is 6.18 Å². The zero-order valence-electron chi connectivity index (χ0n) is 10.3. The topological polar surface area (TPSA) is 37.8 Å². The Morgan fingerprint density at radius 1 is 1.32 bits per heavy atom. The van der Waals surface area contributed by atoms with Crippen LogP contribution in [0.2, 0.25) is 0 Å². The van der Waals surface area contributed by atoms with E-state index in [0.29, 0.717) is 16.2 Å². The third-order valence-corrected chi connectivity index (χ3v) is 3.84. The minimum absolute atomic E-state index is 0.331. The Morgan fingerprint density at radius 2 is 2.05 bits per heavy atom. The third kappa shape index (κ3) is 2.93. The van der Waals surface area contributed by atoms with Crippen molar-refractivity contribution in [2.24, 2.45) is 0 Å². The van der Waals surface area contributed by atoms with Gasteiger partial charge < -0.3 is 5.32 Å². The number of nitrogens with zero attached hydrogens (tertiary/aromatic N) is 2. The number of hydrogen-bond donors (Lipinski definition) is 1. The molecule has 0 aliphatic rings. The Labute approximate surface area is 112 Å². The first-order valence-corrected chi connectivity index (χ1v) is 6.36. The molecule has 1 atom stereocenters. The molecule has 7 heteroatoms. The van der Waals surface area contributed by atoms with Crippen LogP contribution in [0.1, 0.15) is 27.1 Å². The summed E-state index contributed by atoms with van der Waals surface area (Å²) in [4.78, 5) is 7.98. The minimum Gasteiger partial charge on any atom is -0.309 e. The van der Waals surface area contributed by atoms with Crippen molar-refractivity contribution < 1.29 is 13.2 Å². The second kappa shape index (κ2) is 5.26. The molecule has 0 saturated carbocycles.